The smallest absolute Gasteiger partial charge is 0.321 e. The second kappa shape index (κ2) is 8.52. The van der Waals surface area contributed by atoms with Crippen LogP contribution in [-0.4, -0.2) is 32.6 Å². The van der Waals surface area contributed by atoms with Gasteiger partial charge in [-0.1, -0.05) is 23.5 Å². The van der Waals surface area contributed by atoms with Crippen molar-refractivity contribution in [2.45, 2.75) is 13.0 Å². The van der Waals surface area contributed by atoms with Gasteiger partial charge in [-0.3, -0.25) is 15.3 Å². The van der Waals surface area contributed by atoms with Crippen LogP contribution in [0.5, 0.6) is 0 Å². The molecule has 9 heteroatoms. The maximum Gasteiger partial charge on any atom is 0.321 e. The first-order chi connectivity index (χ1) is 14.5. The second-order valence-corrected chi connectivity index (χ2v) is 7.49. The number of carbonyl (C=O) groups is 1. The van der Waals surface area contributed by atoms with Gasteiger partial charge in [-0.15, -0.1) is 0 Å². The average molecular weight is 423 g/mol. The van der Waals surface area contributed by atoms with Crippen LogP contribution in [0, 0.1) is 5.82 Å². The van der Waals surface area contributed by atoms with Gasteiger partial charge in [0.1, 0.15) is 11.9 Å². The largest absolute Gasteiger partial charge is 0.382 e. The number of urea groups is 1. The molecule has 0 saturated heterocycles. The van der Waals surface area contributed by atoms with E-state index in [2.05, 4.69) is 25.6 Å². The molecular weight excluding hydrogens is 405 g/mol. The van der Waals surface area contributed by atoms with Crippen molar-refractivity contribution < 1.29 is 14.3 Å². The summed E-state index contributed by atoms with van der Waals surface area (Å²) >= 11 is 1.20. The molecule has 0 fully saturated rings. The summed E-state index contributed by atoms with van der Waals surface area (Å²) in [7, 11) is 0. The van der Waals surface area contributed by atoms with Crippen LogP contribution in [0.4, 0.5) is 14.3 Å². The highest BCUT2D eigenvalue weighted by Gasteiger charge is 2.15. The predicted molar refractivity (Wildman–Crippen MR) is 114 cm³/mol. The number of carbonyl (C=O) groups excluding carboxylic acids is 1. The minimum absolute atomic E-state index is 0.340. The topological polar surface area (TPSA) is 100 Å². The zero-order valence-corrected chi connectivity index (χ0v) is 16.8. The molecule has 0 aliphatic heterocycles. The number of nitrogens with zero attached hydrogens (tertiary/aromatic N) is 3. The summed E-state index contributed by atoms with van der Waals surface area (Å²) in [6, 6.07) is 9.51. The van der Waals surface area contributed by atoms with Gasteiger partial charge < -0.3 is 10.4 Å². The number of aliphatic hydroxyl groups is 1. The number of aliphatic hydroxyl groups excluding tert-OH is 1. The first-order valence-electron chi connectivity index (χ1n) is 9.24. The molecule has 0 bridgehead atoms. The molecule has 4 rings (SSSR count). The highest BCUT2D eigenvalue weighted by atomic mass is 32.1. The van der Waals surface area contributed by atoms with Crippen LogP contribution in [0.1, 0.15) is 24.3 Å². The van der Waals surface area contributed by atoms with E-state index in [1.54, 1.807) is 42.7 Å². The van der Waals surface area contributed by atoms with Crippen molar-refractivity contribution in [2.24, 2.45) is 0 Å². The van der Waals surface area contributed by atoms with Gasteiger partial charge in [0.15, 0.2) is 5.13 Å². The number of fused-ring (bicyclic) bond motifs is 1. The normalized spacial score (nSPS) is 12.0. The third-order valence-electron chi connectivity index (χ3n) is 4.41. The van der Waals surface area contributed by atoms with Crippen molar-refractivity contribution >= 4 is 32.7 Å². The van der Waals surface area contributed by atoms with Crippen molar-refractivity contribution in [1.29, 1.82) is 0 Å². The van der Waals surface area contributed by atoms with Crippen LogP contribution < -0.4 is 10.6 Å². The molecule has 0 radical (unpaired) electrons. The lowest BCUT2D eigenvalue weighted by Gasteiger charge is -2.11. The quantitative estimate of drug-likeness (QED) is 0.448. The van der Waals surface area contributed by atoms with Gasteiger partial charge in [-0.25, -0.2) is 14.2 Å². The molecule has 0 aliphatic rings. The zero-order valence-electron chi connectivity index (χ0n) is 16.0. The summed E-state index contributed by atoms with van der Waals surface area (Å²) in [5.74, 6) is -0.418. The second-order valence-electron chi connectivity index (χ2n) is 6.46. The molecule has 0 saturated carbocycles. The van der Waals surface area contributed by atoms with Gasteiger partial charge in [0.25, 0.3) is 0 Å². The minimum Gasteiger partial charge on any atom is -0.382 e. The monoisotopic (exact) mass is 423 g/mol. The van der Waals surface area contributed by atoms with Gasteiger partial charge >= 0.3 is 6.03 Å². The maximum absolute atomic E-state index is 14.7. The Bertz CT molecular complexity index is 1180. The number of hydrogen-bond donors (Lipinski definition) is 3. The Morgan fingerprint density at radius 2 is 2.13 bits per heavy atom. The highest BCUT2D eigenvalue weighted by Crippen LogP contribution is 2.32. The molecule has 7 nitrogen and oxygen atoms in total. The number of amides is 2. The van der Waals surface area contributed by atoms with Crippen LogP contribution in [0.25, 0.3) is 21.3 Å². The summed E-state index contributed by atoms with van der Waals surface area (Å²) < 4.78 is 15.3. The van der Waals surface area contributed by atoms with Crippen LogP contribution >= 0.6 is 11.3 Å². The third-order valence-corrected chi connectivity index (χ3v) is 5.35. The average Bonchev–Trinajstić information content (AvgIpc) is 3.14. The fraction of sp³-hybridized carbons (Fsp3) is 0.143. The molecule has 1 aromatic carbocycles. The van der Waals surface area contributed by atoms with Gasteiger partial charge in [0.05, 0.1) is 15.9 Å². The standard InChI is InChI=1S/C21H18FN5O2S/c1-2-24-20(29)27-21-26-17-8-14(15(22)9-18(17)30-21)12-5-6-16(25-11-12)19(28)13-4-3-7-23-10-13/h3-11,19,28H,2H2,1H3,(H2,24,26,27,29). The molecule has 3 N–H and O–H groups in total. The molecule has 30 heavy (non-hydrogen) atoms. The van der Waals surface area contributed by atoms with Crippen molar-refractivity contribution in [2.75, 3.05) is 11.9 Å². The SMILES string of the molecule is CCNC(=O)Nc1nc2cc(-c3ccc(C(O)c4cccnc4)nc3)c(F)cc2s1. The number of benzene rings is 1. The van der Waals surface area contributed by atoms with Crippen LogP contribution in [0.15, 0.2) is 55.0 Å². The van der Waals surface area contributed by atoms with Crippen molar-refractivity contribution in [1.82, 2.24) is 20.3 Å². The molecule has 4 aromatic rings. The Balaban J connectivity index is 1.61. The maximum atomic E-state index is 14.7. The number of thiazole rings is 1. The number of nitrogens with one attached hydrogen (secondary N) is 2. The van der Waals surface area contributed by atoms with Crippen LogP contribution in [0.2, 0.25) is 0 Å². The van der Waals surface area contributed by atoms with Crippen molar-refractivity contribution in [3.8, 4) is 11.1 Å². The first-order valence-corrected chi connectivity index (χ1v) is 10.1. The zero-order chi connectivity index (χ0) is 21.1. The molecule has 3 heterocycles. The Labute approximate surface area is 175 Å². The van der Waals surface area contributed by atoms with E-state index in [-0.39, 0.29) is 6.03 Å². The van der Waals surface area contributed by atoms with Crippen LogP contribution in [0.3, 0.4) is 0 Å². The predicted octanol–water partition coefficient (Wildman–Crippen LogP) is 4.12. The number of halogens is 1. The Hall–Kier alpha value is -3.43. The summed E-state index contributed by atoms with van der Waals surface area (Å²) in [6.45, 7) is 2.31. The number of anilines is 1. The van der Waals surface area contributed by atoms with Crippen LogP contribution in [-0.2, 0) is 0 Å². The van der Waals surface area contributed by atoms with E-state index in [9.17, 15) is 14.3 Å². The summed E-state index contributed by atoms with van der Waals surface area (Å²) in [6.07, 6.45) is 3.80. The number of rotatable bonds is 5. The lowest BCUT2D eigenvalue weighted by Crippen LogP contribution is -2.28. The fourth-order valence-electron chi connectivity index (χ4n) is 2.96. The molecule has 0 spiro atoms. The minimum atomic E-state index is -0.915. The Kier molecular flexibility index (Phi) is 5.64. The number of pyridine rings is 2. The van der Waals surface area contributed by atoms with Gasteiger partial charge in [-0.2, -0.15) is 0 Å². The van der Waals surface area contributed by atoms with E-state index in [0.717, 1.165) is 0 Å². The fourth-order valence-corrected chi connectivity index (χ4v) is 3.83. The van der Waals surface area contributed by atoms with Crippen molar-refractivity contribution in [3.63, 3.8) is 0 Å². The summed E-state index contributed by atoms with van der Waals surface area (Å²) in [4.78, 5) is 24.3. The van der Waals surface area contributed by atoms with E-state index >= 15 is 0 Å². The molecule has 3 aromatic heterocycles. The lowest BCUT2D eigenvalue weighted by molar-refractivity contribution is 0.215. The van der Waals surface area contributed by atoms with E-state index in [1.165, 1.54) is 23.6 Å². The first kappa shape index (κ1) is 19.9. The van der Waals surface area contributed by atoms with Gasteiger partial charge in [0, 0.05) is 41.8 Å². The lowest BCUT2D eigenvalue weighted by atomic mass is 10.0. The summed E-state index contributed by atoms with van der Waals surface area (Å²) in [5, 5.41) is 16.1. The molecule has 2 amide bonds. The van der Waals surface area contributed by atoms with Crippen molar-refractivity contribution in [3.05, 3.63) is 72.1 Å². The third kappa shape index (κ3) is 4.12. The highest BCUT2D eigenvalue weighted by molar-refractivity contribution is 7.22. The van der Waals surface area contributed by atoms with E-state index in [0.29, 0.717) is 44.3 Å². The Morgan fingerprint density at radius 1 is 1.27 bits per heavy atom. The number of hydrogen-bond acceptors (Lipinski definition) is 6. The van der Waals surface area contributed by atoms with Gasteiger partial charge in [-0.05, 0) is 31.2 Å². The summed E-state index contributed by atoms with van der Waals surface area (Å²) in [5.41, 5.74) is 2.54. The molecule has 1 unspecified atom stereocenters. The molecule has 0 aliphatic carbocycles. The number of aromatic nitrogens is 3. The Morgan fingerprint density at radius 3 is 2.83 bits per heavy atom. The van der Waals surface area contributed by atoms with E-state index < -0.39 is 11.9 Å². The van der Waals surface area contributed by atoms with Gasteiger partial charge in [0.2, 0.25) is 0 Å². The molecule has 152 valence electrons. The van der Waals surface area contributed by atoms with E-state index in [1.807, 2.05) is 6.92 Å². The molecule has 1 atom stereocenters. The van der Waals surface area contributed by atoms with E-state index in [4.69, 9.17) is 0 Å². The molecular formula is C21H18FN5O2S.